The summed E-state index contributed by atoms with van der Waals surface area (Å²) in [6, 6.07) is 171. The van der Waals surface area contributed by atoms with Gasteiger partial charge in [-0.3, -0.25) is 0 Å². The van der Waals surface area contributed by atoms with E-state index in [0.717, 1.165) is 89.4 Å². The number of hydrogen-bond donors (Lipinski definition) is 0. The van der Waals surface area contributed by atoms with E-state index in [1.54, 1.807) is 0 Å². The third kappa shape index (κ3) is 11.3. The predicted octanol–water partition coefficient (Wildman–Crippen LogP) is 31.9. The Morgan fingerprint density at radius 2 is 0.452 bits per heavy atom. The van der Waals surface area contributed by atoms with Crippen LogP contribution < -0.4 is 26.2 Å². The van der Waals surface area contributed by atoms with Crippen molar-refractivity contribution in [1.82, 2.24) is 0 Å². The molecule has 0 N–H and O–H groups in total. The second-order valence-electron chi connectivity index (χ2n) is 33.9. The Morgan fingerprint density at radius 3 is 0.817 bits per heavy atom. The average molecular weight is 1600 g/mol. The van der Waals surface area contributed by atoms with Gasteiger partial charge in [-0.2, -0.15) is 0 Å². The molecule has 0 amide bonds. The monoisotopic (exact) mass is 1590 g/mol. The van der Waals surface area contributed by atoms with Gasteiger partial charge in [0.15, 0.2) is 0 Å². The molecule has 126 heavy (non-hydrogen) atoms. The van der Waals surface area contributed by atoms with Gasteiger partial charge in [0, 0.05) is 44.9 Å². The molecule has 2 aliphatic heterocycles. The Balaban J connectivity index is 0.760. The molecule has 3 heterocycles. The second kappa shape index (κ2) is 28.6. The van der Waals surface area contributed by atoms with Crippen LogP contribution in [0, 0.1) is 0 Å². The fourth-order valence-corrected chi connectivity index (χ4v) is 21.5. The van der Waals surface area contributed by atoms with Gasteiger partial charge >= 0.3 is 0 Å². The molecule has 23 aromatic carbocycles. The van der Waals surface area contributed by atoms with Gasteiger partial charge in [0.1, 0.15) is 11.2 Å². The molecule has 2 aliphatic rings. The summed E-state index contributed by atoms with van der Waals surface area (Å²) in [5.41, 5.74) is 32.9. The van der Waals surface area contributed by atoms with Crippen LogP contribution in [0.5, 0.6) is 0 Å². The minimum atomic E-state index is -0.329. The zero-order valence-corrected chi connectivity index (χ0v) is 68.7. The van der Waals surface area contributed by atoms with E-state index in [9.17, 15) is 0 Å². The molecule has 0 saturated heterocycles. The van der Waals surface area contributed by atoms with Crippen LogP contribution in [0.4, 0.5) is 34.1 Å². The number of nitrogens with zero attached hydrogens (tertiary/aromatic N) is 2. The summed E-state index contributed by atoms with van der Waals surface area (Å²) < 4.78 is 6.67. The summed E-state index contributed by atoms with van der Waals surface area (Å²) >= 11 is 0. The van der Waals surface area contributed by atoms with E-state index in [-0.39, 0.29) is 6.71 Å². The fraction of sp³-hybridized carbons (Fsp3) is 0. The molecule has 582 valence electrons. The first-order valence-corrected chi connectivity index (χ1v) is 43.7. The highest BCUT2D eigenvalue weighted by molar-refractivity contribution is 7.00. The highest BCUT2D eigenvalue weighted by Gasteiger charge is 2.45. The standard InChI is InChI=1S/C122H75BN2O/c1-9-35-92-76(23-1)31-19-44-105(92)118-96-39-13-5-27-80(96)53-64-100(118)84-49-60-90(61-50-84)124-112-68-57-87(102-66-55-82-29-7-15-41-98(82)120(102)107-46-21-33-78-25-3-11-37-94(78)107)72-110(112)123-111-73-88(103-67-56-83-30-8-16-42-99(83)121(103)108-47-22-34-79-26-4-12-38-95(79)108)58-69-113(111)125(115-75-89(74-114(124)122(115)123)86-59-70-117-109(71-86)104-43-17-18-48-116(104)126-117)91-62-51-85(52-63-91)101-65-54-81-28-6-14-40-97(81)119(101)106-45-20-32-77-24-2-10-36-93(77)106/h1-75H. The molecule has 0 unspecified atom stereocenters. The van der Waals surface area contributed by atoms with Crippen molar-refractivity contribution in [2.75, 3.05) is 9.80 Å². The minimum Gasteiger partial charge on any atom is -0.456 e. The van der Waals surface area contributed by atoms with Crippen molar-refractivity contribution in [1.29, 1.82) is 0 Å². The molecule has 0 radical (unpaired) electrons. The van der Waals surface area contributed by atoms with Crippen molar-refractivity contribution in [3.8, 4) is 100 Å². The number of hydrogen-bond acceptors (Lipinski definition) is 3. The lowest BCUT2D eigenvalue weighted by atomic mass is 9.33. The zero-order chi connectivity index (χ0) is 82.6. The van der Waals surface area contributed by atoms with Gasteiger partial charge in [-0.1, -0.05) is 388 Å². The van der Waals surface area contributed by atoms with Crippen LogP contribution in [0.3, 0.4) is 0 Å². The first-order valence-electron chi connectivity index (χ1n) is 43.7. The van der Waals surface area contributed by atoms with E-state index in [2.05, 4.69) is 465 Å². The number of benzene rings is 23. The van der Waals surface area contributed by atoms with E-state index < -0.39 is 0 Å². The van der Waals surface area contributed by atoms with E-state index in [1.165, 1.54) is 169 Å². The Hall–Kier alpha value is -16.4. The van der Waals surface area contributed by atoms with E-state index in [1.807, 2.05) is 0 Å². The maximum Gasteiger partial charge on any atom is 0.252 e. The predicted molar refractivity (Wildman–Crippen MR) is 537 cm³/mol. The summed E-state index contributed by atoms with van der Waals surface area (Å²) in [5.74, 6) is 0. The lowest BCUT2D eigenvalue weighted by Crippen LogP contribution is -2.61. The summed E-state index contributed by atoms with van der Waals surface area (Å²) in [6.45, 7) is -0.329. The zero-order valence-electron chi connectivity index (χ0n) is 68.7. The molecule has 4 heteroatoms. The third-order valence-corrected chi connectivity index (χ3v) is 27.2. The van der Waals surface area contributed by atoms with Gasteiger partial charge in [0.05, 0.1) is 0 Å². The van der Waals surface area contributed by atoms with Crippen molar-refractivity contribution in [2.45, 2.75) is 0 Å². The van der Waals surface area contributed by atoms with Crippen LogP contribution in [0.1, 0.15) is 0 Å². The third-order valence-electron chi connectivity index (χ3n) is 27.2. The van der Waals surface area contributed by atoms with E-state index >= 15 is 0 Å². The number of fused-ring (bicyclic) bond motifs is 15. The van der Waals surface area contributed by atoms with E-state index in [4.69, 9.17) is 4.42 Å². The molecular formula is C122H75BN2O. The summed E-state index contributed by atoms with van der Waals surface area (Å²) in [4.78, 5) is 5.22. The Morgan fingerprint density at radius 1 is 0.167 bits per heavy atom. The van der Waals surface area contributed by atoms with Gasteiger partial charge in [0.25, 0.3) is 6.71 Å². The van der Waals surface area contributed by atoms with Gasteiger partial charge in [-0.25, -0.2) is 0 Å². The average Bonchev–Trinajstić information content (AvgIpc) is 0.765. The first-order chi connectivity index (χ1) is 62.5. The van der Waals surface area contributed by atoms with Crippen LogP contribution in [-0.4, -0.2) is 6.71 Å². The Kier molecular flexibility index (Phi) is 16.2. The van der Waals surface area contributed by atoms with Gasteiger partial charge in [-0.15, -0.1) is 0 Å². The molecule has 26 rings (SSSR count). The largest absolute Gasteiger partial charge is 0.456 e. The molecule has 24 aromatic rings. The van der Waals surface area contributed by atoms with Crippen molar-refractivity contribution >= 4 is 165 Å². The van der Waals surface area contributed by atoms with Gasteiger partial charge in [0.2, 0.25) is 0 Å². The maximum absolute atomic E-state index is 6.67. The molecule has 0 spiro atoms. The van der Waals surface area contributed by atoms with Crippen molar-refractivity contribution < 1.29 is 4.42 Å². The van der Waals surface area contributed by atoms with Crippen LogP contribution in [0.25, 0.3) is 208 Å². The van der Waals surface area contributed by atoms with Crippen LogP contribution in [0.15, 0.2) is 459 Å². The lowest BCUT2D eigenvalue weighted by molar-refractivity contribution is 0.669. The second-order valence-corrected chi connectivity index (χ2v) is 33.9. The van der Waals surface area contributed by atoms with Crippen LogP contribution in [-0.2, 0) is 0 Å². The molecule has 0 aliphatic carbocycles. The molecule has 0 bridgehead atoms. The number of furan rings is 1. The normalized spacial score (nSPS) is 12.4. The highest BCUT2D eigenvalue weighted by Crippen LogP contribution is 2.53. The molecular weight excluding hydrogens is 1520 g/mol. The van der Waals surface area contributed by atoms with Crippen molar-refractivity contribution in [3.63, 3.8) is 0 Å². The first kappa shape index (κ1) is 71.4. The Labute approximate surface area is 729 Å². The van der Waals surface area contributed by atoms with Gasteiger partial charge < -0.3 is 14.2 Å². The number of para-hydroxylation sites is 1. The summed E-state index contributed by atoms with van der Waals surface area (Å²) in [6.07, 6.45) is 0. The minimum absolute atomic E-state index is 0.329. The number of rotatable bonds is 11. The van der Waals surface area contributed by atoms with Crippen molar-refractivity contribution in [3.05, 3.63) is 455 Å². The Bertz CT molecular complexity index is 8230. The summed E-state index contributed by atoms with van der Waals surface area (Å²) in [7, 11) is 0. The molecule has 1 aromatic heterocycles. The number of anilines is 6. The highest BCUT2D eigenvalue weighted by atomic mass is 16.3. The van der Waals surface area contributed by atoms with Gasteiger partial charge in [-0.05, 0) is 269 Å². The molecule has 0 saturated carbocycles. The quantitative estimate of drug-likeness (QED) is 0.120. The van der Waals surface area contributed by atoms with E-state index in [0.29, 0.717) is 0 Å². The van der Waals surface area contributed by atoms with Crippen LogP contribution in [0.2, 0.25) is 0 Å². The molecule has 0 fully saturated rings. The maximum atomic E-state index is 6.67. The SMILES string of the molecule is c1ccc2c(-c3c(-c4ccc(N5c6ccc(-c7ccc8ccccc8c7-c7cccc8ccccc78)cc6B6c7cc(-c8ccc9ccccc9c8-c8cccc9ccccc89)ccc7N(c7ccc(-c8ccc9ccccc9c8-c8cccc9ccccc89)cc7)c7cc(-c8ccc9oc%10ccccc%10c9c8)cc5c76)cc4)ccc4ccccc34)cccc2c1. The van der Waals surface area contributed by atoms with Crippen molar-refractivity contribution in [2.24, 2.45) is 0 Å². The fourth-order valence-electron chi connectivity index (χ4n) is 21.5. The smallest absolute Gasteiger partial charge is 0.252 e. The topological polar surface area (TPSA) is 19.6 Å². The lowest BCUT2D eigenvalue weighted by Gasteiger charge is -2.45. The molecule has 3 nitrogen and oxygen atoms in total. The molecule has 0 atom stereocenters. The summed E-state index contributed by atoms with van der Waals surface area (Å²) in [5, 5.41) is 21.5. The van der Waals surface area contributed by atoms with Crippen LogP contribution >= 0.6 is 0 Å².